The molecule has 0 saturated heterocycles. The van der Waals surface area contributed by atoms with Gasteiger partial charge in [0, 0.05) is 12.8 Å². The van der Waals surface area contributed by atoms with E-state index in [1.54, 1.807) is 0 Å². The number of phosphoric acid groups is 1. The Labute approximate surface area is 382 Å². The van der Waals surface area contributed by atoms with E-state index in [9.17, 15) is 19.0 Å². The molecule has 0 aromatic rings. The second kappa shape index (κ2) is 44.4. The van der Waals surface area contributed by atoms with E-state index >= 15 is 0 Å². The molecular weight excluding hydrogens is 798 g/mol. The molecule has 0 aromatic heterocycles. The minimum Gasteiger partial charge on any atom is -0.756 e. The van der Waals surface area contributed by atoms with Crippen LogP contribution in [-0.4, -0.2) is 70.0 Å². The zero-order valence-electron chi connectivity index (χ0n) is 41.1. The van der Waals surface area contributed by atoms with Crippen LogP contribution in [0.25, 0.3) is 0 Å². The number of rotatable bonds is 47. The molecule has 0 radical (unpaired) electrons. The predicted molar refractivity (Wildman–Crippen MR) is 259 cm³/mol. The fourth-order valence-corrected chi connectivity index (χ4v) is 7.81. The Kier molecular flexibility index (Phi) is 43.2. The van der Waals surface area contributed by atoms with Gasteiger partial charge in [-0.25, -0.2) is 0 Å². The summed E-state index contributed by atoms with van der Waals surface area (Å²) in [4.78, 5) is 37.6. The molecule has 0 spiro atoms. The summed E-state index contributed by atoms with van der Waals surface area (Å²) in [6.45, 7) is 4.19. The van der Waals surface area contributed by atoms with Crippen molar-refractivity contribution in [1.82, 2.24) is 0 Å². The molecule has 0 heterocycles. The van der Waals surface area contributed by atoms with Crippen LogP contribution in [0.3, 0.4) is 0 Å². The SMILES string of the molecule is CCCCCCCCCCC/C=C/CCCCC(=O)O[C@@H](COC(=O)CCC/C=C/CC/C=C/CCCCCCCCCCCCCCCC)COP(=O)([O-])OCC[N+](C)(C)C. The van der Waals surface area contributed by atoms with Crippen molar-refractivity contribution in [2.24, 2.45) is 0 Å². The van der Waals surface area contributed by atoms with Crippen LogP contribution in [0.15, 0.2) is 36.5 Å². The first kappa shape index (κ1) is 60.2. The number of unbranched alkanes of at least 4 members (excludes halogenated alkanes) is 27. The van der Waals surface area contributed by atoms with Crippen LogP contribution in [0.5, 0.6) is 0 Å². The van der Waals surface area contributed by atoms with Gasteiger partial charge in [0.15, 0.2) is 6.10 Å². The van der Waals surface area contributed by atoms with Crippen molar-refractivity contribution < 1.29 is 42.1 Å². The second-order valence-corrected chi connectivity index (χ2v) is 19.9. The molecule has 364 valence electrons. The number of esters is 2. The number of ether oxygens (including phenoxy) is 2. The summed E-state index contributed by atoms with van der Waals surface area (Å²) in [7, 11) is 1.14. The molecule has 0 aliphatic carbocycles. The summed E-state index contributed by atoms with van der Waals surface area (Å²) in [5.41, 5.74) is 0. The van der Waals surface area contributed by atoms with Crippen LogP contribution in [-0.2, 0) is 32.7 Å². The van der Waals surface area contributed by atoms with Gasteiger partial charge in [-0.3, -0.25) is 14.2 Å². The van der Waals surface area contributed by atoms with E-state index in [0.29, 0.717) is 23.9 Å². The smallest absolute Gasteiger partial charge is 0.306 e. The van der Waals surface area contributed by atoms with Crippen LogP contribution in [0.2, 0.25) is 0 Å². The van der Waals surface area contributed by atoms with Gasteiger partial charge in [-0.15, -0.1) is 0 Å². The number of nitrogens with zero attached hydrogens (tertiary/aromatic N) is 1. The maximum Gasteiger partial charge on any atom is 0.306 e. The molecular formula is C52H98NO8P. The van der Waals surface area contributed by atoms with Crippen molar-refractivity contribution in [1.29, 1.82) is 0 Å². The Morgan fingerprint density at radius 2 is 0.855 bits per heavy atom. The number of allylic oxidation sites excluding steroid dienone is 6. The van der Waals surface area contributed by atoms with E-state index in [1.807, 2.05) is 21.1 Å². The number of carbonyl (C=O) groups is 2. The molecule has 10 heteroatoms. The number of hydrogen-bond donors (Lipinski definition) is 0. The summed E-state index contributed by atoms with van der Waals surface area (Å²) < 4.78 is 33.9. The molecule has 0 N–H and O–H groups in total. The Morgan fingerprint density at radius 1 is 0.484 bits per heavy atom. The van der Waals surface area contributed by atoms with Gasteiger partial charge in [0.05, 0.1) is 27.7 Å². The van der Waals surface area contributed by atoms with Crippen LogP contribution in [0.1, 0.15) is 232 Å². The largest absolute Gasteiger partial charge is 0.756 e. The Hall–Kier alpha value is -1.77. The molecule has 0 aliphatic rings. The summed E-state index contributed by atoms with van der Waals surface area (Å²) in [5.74, 6) is -0.903. The van der Waals surface area contributed by atoms with E-state index in [0.717, 1.165) is 44.9 Å². The van der Waals surface area contributed by atoms with Gasteiger partial charge >= 0.3 is 11.9 Å². The first-order valence-corrected chi connectivity index (χ1v) is 27.2. The van der Waals surface area contributed by atoms with E-state index in [4.69, 9.17) is 18.5 Å². The van der Waals surface area contributed by atoms with Gasteiger partial charge in [0.1, 0.15) is 19.8 Å². The van der Waals surface area contributed by atoms with Gasteiger partial charge in [-0.1, -0.05) is 185 Å². The van der Waals surface area contributed by atoms with Gasteiger partial charge in [0.2, 0.25) is 0 Å². The first-order valence-electron chi connectivity index (χ1n) is 25.7. The minimum atomic E-state index is -4.64. The topological polar surface area (TPSA) is 111 Å². The second-order valence-electron chi connectivity index (χ2n) is 18.5. The molecule has 0 fully saturated rings. The molecule has 0 aliphatic heterocycles. The van der Waals surface area contributed by atoms with Crippen LogP contribution >= 0.6 is 7.82 Å². The van der Waals surface area contributed by atoms with E-state index < -0.39 is 32.5 Å². The quantitative estimate of drug-likeness (QED) is 0.0195. The third-order valence-corrected chi connectivity index (χ3v) is 12.1. The third kappa shape index (κ3) is 47.7. The van der Waals surface area contributed by atoms with Gasteiger partial charge < -0.3 is 27.9 Å². The molecule has 0 saturated carbocycles. The fraction of sp³-hybridized carbons (Fsp3) is 0.846. The molecule has 2 atom stereocenters. The normalized spacial score (nSPS) is 13.7. The van der Waals surface area contributed by atoms with Crippen LogP contribution in [0, 0.1) is 0 Å². The highest BCUT2D eigenvalue weighted by molar-refractivity contribution is 7.45. The molecule has 0 amide bonds. The van der Waals surface area contributed by atoms with Crippen molar-refractivity contribution in [2.75, 3.05) is 47.5 Å². The lowest BCUT2D eigenvalue weighted by Gasteiger charge is -2.28. The van der Waals surface area contributed by atoms with E-state index in [-0.39, 0.29) is 26.1 Å². The van der Waals surface area contributed by atoms with Gasteiger partial charge in [-0.2, -0.15) is 0 Å². The summed E-state index contributed by atoms with van der Waals surface area (Å²) in [6, 6.07) is 0. The van der Waals surface area contributed by atoms with Crippen LogP contribution < -0.4 is 4.89 Å². The number of carbonyl (C=O) groups excluding carboxylic acids is 2. The van der Waals surface area contributed by atoms with E-state index in [2.05, 4.69) is 50.3 Å². The highest BCUT2D eigenvalue weighted by Gasteiger charge is 2.21. The van der Waals surface area contributed by atoms with Crippen molar-refractivity contribution in [3.8, 4) is 0 Å². The number of phosphoric ester groups is 1. The fourth-order valence-electron chi connectivity index (χ4n) is 7.08. The van der Waals surface area contributed by atoms with Gasteiger partial charge in [-0.05, 0) is 70.6 Å². The highest BCUT2D eigenvalue weighted by atomic mass is 31.2. The maximum absolute atomic E-state index is 12.7. The summed E-state index contributed by atoms with van der Waals surface area (Å²) in [5, 5.41) is 0. The first-order chi connectivity index (χ1) is 30.0. The minimum absolute atomic E-state index is 0.0396. The maximum atomic E-state index is 12.7. The summed E-state index contributed by atoms with van der Waals surface area (Å²) in [6.07, 6.45) is 52.0. The van der Waals surface area contributed by atoms with Gasteiger partial charge in [0.25, 0.3) is 7.82 Å². The Morgan fingerprint density at radius 3 is 1.29 bits per heavy atom. The van der Waals surface area contributed by atoms with Crippen LogP contribution in [0.4, 0.5) is 0 Å². The molecule has 0 bridgehead atoms. The lowest BCUT2D eigenvalue weighted by molar-refractivity contribution is -0.870. The Bertz CT molecular complexity index is 1150. The van der Waals surface area contributed by atoms with Crippen molar-refractivity contribution in [2.45, 2.75) is 238 Å². The summed E-state index contributed by atoms with van der Waals surface area (Å²) >= 11 is 0. The third-order valence-electron chi connectivity index (χ3n) is 11.1. The molecule has 9 nitrogen and oxygen atoms in total. The highest BCUT2D eigenvalue weighted by Crippen LogP contribution is 2.38. The molecule has 62 heavy (non-hydrogen) atoms. The zero-order chi connectivity index (χ0) is 45.7. The molecule has 1 unspecified atom stereocenters. The standard InChI is InChI=1S/C52H98NO8P/c1-6-8-10-12-14-16-18-20-22-23-24-25-26-27-28-29-31-32-34-36-38-40-42-44-51(54)58-48-50(49-60-62(56,57)59-47-46-53(3,4)5)61-52(55)45-43-41-39-37-35-33-30-21-19-17-15-13-11-9-7-2/h29,31,35-38,50H,6-28,30,32-34,39-49H2,1-5H3/b31-29+,37-35+,38-36+/t50-/m0/s1. The Balaban J connectivity index is 4.28. The van der Waals surface area contributed by atoms with Crippen molar-refractivity contribution in [3.05, 3.63) is 36.5 Å². The predicted octanol–water partition coefficient (Wildman–Crippen LogP) is 14.6. The monoisotopic (exact) mass is 896 g/mol. The number of hydrogen-bond acceptors (Lipinski definition) is 8. The van der Waals surface area contributed by atoms with Crippen molar-refractivity contribution in [3.63, 3.8) is 0 Å². The lowest BCUT2D eigenvalue weighted by Crippen LogP contribution is -2.37. The molecule has 0 rings (SSSR count). The average Bonchev–Trinajstić information content (AvgIpc) is 3.23. The lowest BCUT2D eigenvalue weighted by atomic mass is 10.0. The van der Waals surface area contributed by atoms with Crippen molar-refractivity contribution >= 4 is 19.8 Å². The zero-order valence-corrected chi connectivity index (χ0v) is 42.0. The number of likely N-dealkylation sites (N-methyl/N-ethyl adjacent to an activating group) is 1. The van der Waals surface area contributed by atoms with E-state index in [1.165, 1.54) is 148 Å². The molecule has 0 aromatic carbocycles. The average molecular weight is 896 g/mol. The number of quaternary nitrogens is 1.